The first-order valence-corrected chi connectivity index (χ1v) is 19.5. The summed E-state index contributed by atoms with van der Waals surface area (Å²) in [6.45, 7) is 6.25. The lowest BCUT2D eigenvalue weighted by molar-refractivity contribution is -0.144. The average molecular weight is 762 g/mol. The molecule has 16 nitrogen and oxygen atoms in total. The SMILES string of the molecule is CCCCCCCCCCCCCCCCN(CCC)C(CCO)C(=O)O.NC(Cc1cnc[nH]1)C(=O)O.NCC(=O)O.NCCCCC(N)C(=O)O. The van der Waals surface area contributed by atoms with Gasteiger partial charge in [0.15, 0.2) is 0 Å². The Labute approximate surface area is 317 Å². The number of aromatic nitrogens is 2. The molecule has 1 rings (SSSR count). The maximum atomic E-state index is 11.4. The van der Waals surface area contributed by atoms with Crippen molar-refractivity contribution in [2.45, 2.75) is 160 Å². The smallest absolute Gasteiger partial charge is 0.321 e. The number of carboxylic acids is 4. The number of H-pyrrole nitrogens is 1. The van der Waals surface area contributed by atoms with Crippen LogP contribution in [0, 0.1) is 0 Å². The largest absolute Gasteiger partial charge is 0.480 e. The number of hydrogen-bond donors (Lipinski definition) is 10. The molecule has 312 valence electrons. The second kappa shape index (κ2) is 40.0. The molecule has 0 aromatic carbocycles. The Morgan fingerprint density at radius 1 is 0.679 bits per heavy atom. The van der Waals surface area contributed by atoms with Crippen LogP contribution < -0.4 is 22.9 Å². The first-order chi connectivity index (χ1) is 25.3. The van der Waals surface area contributed by atoms with E-state index >= 15 is 0 Å². The van der Waals surface area contributed by atoms with E-state index in [1.165, 1.54) is 89.8 Å². The summed E-state index contributed by atoms with van der Waals surface area (Å²) in [5, 5.41) is 42.8. The molecule has 0 aliphatic rings. The number of hydrogen-bond acceptors (Lipinski definition) is 11. The van der Waals surface area contributed by atoms with Crippen LogP contribution in [0.1, 0.15) is 142 Å². The van der Waals surface area contributed by atoms with Crippen LogP contribution >= 0.6 is 0 Å². The summed E-state index contributed by atoms with van der Waals surface area (Å²) in [6.07, 6.45) is 25.5. The summed E-state index contributed by atoms with van der Waals surface area (Å²) >= 11 is 0. The molecule has 3 unspecified atom stereocenters. The van der Waals surface area contributed by atoms with Crippen molar-refractivity contribution >= 4 is 23.9 Å². The van der Waals surface area contributed by atoms with Crippen LogP contribution in [0.5, 0.6) is 0 Å². The number of nitrogens with two attached hydrogens (primary N) is 4. The topological polar surface area (TPSA) is 305 Å². The van der Waals surface area contributed by atoms with E-state index < -0.39 is 42.0 Å². The third-order valence-electron chi connectivity index (χ3n) is 8.21. The highest BCUT2D eigenvalue weighted by atomic mass is 16.4. The number of unbranched alkanes of at least 4 members (excludes halogenated alkanes) is 14. The van der Waals surface area contributed by atoms with Crippen LogP contribution in [-0.4, -0.2) is 115 Å². The van der Waals surface area contributed by atoms with Crippen LogP contribution in [0.4, 0.5) is 0 Å². The summed E-state index contributed by atoms with van der Waals surface area (Å²) < 4.78 is 0. The minimum Gasteiger partial charge on any atom is -0.480 e. The molecule has 3 atom stereocenters. The number of aliphatic hydroxyl groups is 1. The maximum Gasteiger partial charge on any atom is 0.321 e. The molecule has 0 aliphatic heterocycles. The predicted molar refractivity (Wildman–Crippen MR) is 208 cm³/mol. The summed E-state index contributed by atoms with van der Waals surface area (Å²) in [5.41, 5.74) is 21.0. The molecule has 0 bridgehead atoms. The summed E-state index contributed by atoms with van der Waals surface area (Å²) in [7, 11) is 0. The number of rotatable bonds is 30. The lowest BCUT2D eigenvalue weighted by atomic mass is 10.0. The Bertz CT molecular complexity index is 988. The molecule has 14 N–H and O–H groups in total. The first-order valence-electron chi connectivity index (χ1n) is 19.5. The van der Waals surface area contributed by atoms with E-state index in [2.05, 4.69) is 29.5 Å². The number of aliphatic hydroxyl groups excluding tert-OH is 1. The molecular formula is C37H75N7O9. The summed E-state index contributed by atoms with van der Waals surface area (Å²) in [4.78, 5) is 49.6. The number of nitrogens with zero attached hydrogens (tertiary/aromatic N) is 2. The fourth-order valence-corrected chi connectivity index (χ4v) is 5.16. The van der Waals surface area contributed by atoms with E-state index in [4.69, 9.17) is 37.6 Å². The van der Waals surface area contributed by atoms with Crippen molar-refractivity contribution in [3.8, 4) is 0 Å². The maximum absolute atomic E-state index is 11.4. The van der Waals surface area contributed by atoms with Crippen LogP contribution in [0.25, 0.3) is 0 Å². The van der Waals surface area contributed by atoms with Gasteiger partial charge in [0.25, 0.3) is 0 Å². The summed E-state index contributed by atoms with van der Waals surface area (Å²) in [6, 6.07) is -2.10. The Morgan fingerprint density at radius 3 is 1.53 bits per heavy atom. The normalized spacial score (nSPS) is 12.2. The molecule has 53 heavy (non-hydrogen) atoms. The molecule has 0 saturated heterocycles. The zero-order chi connectivity index (χ0) is 40.7. The van der Waals surface area contributed by atoms with Crippen LogP contribution in [-0.2, 0) is 25.6 Å². The van der Waals surface area contributed by atoms with Gasteiger partial charge in [0, 0.05) is 24.9 Å². The minimum atomic E-state index is -1.00. The Kier molecular flexibility index (Phi) is 40.9. The van der Waals surface area contributed by atoms with E-state index in [-0.39, 0.29) is 19.6 Å². The Balaban J connectivity index is -0.000000777. The van der Waals surface area contributed by atoms with Gasteiger partial charge in [-0.1, -0.05) is 104 Å². The highest BCUT2D eigenvalue weighted by molar-refractivity contribution is 5.74. The van der Waals surface area contributed by atoms with Gasteiger partial charge in [0.2, 0.25) is 0 Å². The second-order valence-corrected chi connectivity index (χ2v) is 13.1. The van der Waals surface area contributed by atoms with Gasteiger partial charge in [-0.15, -0.1) is 0 Å². The monoisotopic (exact) mass is 762 g/mol. The standard InChI is InChI=1S/C23H47NO3.C6H9N3O2.C6H14N2O2.C2H5NO2/c1-3-5-6-7-8-9-10-11-12-13-14-15-16-17-20-24(19-4-2)22(18-21-25)23(26)27;7-5(6(10)11)1-4-2-8-3-9-4;7-4-2-1-3-5(8)6(9)10;3-1-2(4)5/h22,25H,3-21H2,1-2H3,(H,26,27);2-3,5H,1,7H2,(H,8,9)(H,10,11);5H,1-4,7-8H2,(H,9,10);1,3H2,(H,4,5). The van der Waals surface area contributed by atoms with E-state index in [0.29, 0.717) is 19.4 Å². The van der Waals surface area contributed by atoms with Gasteiger partial charge < -0.3 is 53.5 Å². The lowest BCUT2D eigenvalue weighted by Gasteiger charge is -2.28. The molecule has 0 spiro atoms. The van der Waals surface area contributed by atoms with Gasteiger partial charge >= 0.3 is 23.9 Å². The van der Waals surface area contributed by atoms with Crippen molar-refractivity contribution in [3.63, 3.8) is 0 Å². The zero-order valence-electron chi connectivity index (χ0n) is 32.6. The van der Waals surface area contributed by atoms with Crippen LogP contribution in [0.3, 0.4) is 0 Å². The van der Waals surface area contributed by atoms with Gasteiger partial charge in [0.05, 0.1) is 12.9 Å². The molecule has 0 saturated carbocycles. The van der Waals surface area contributed by atoms with Gasteiger partial charge in [-0.05, 0) is 51.7 Å². The van der Waals surface area contributed by atoms with Crippen molar-refractivity contribution in [3.05, 3.63) is 18.2 Å². The van der Waals surface area contributed by atoms with Crippen LogP contribution in [0.15, 0.2) is 12.5 Å². The van der Waals surface area contributed by atoms with Gasteiger partial charge in [-0.2, -0.15) is 0 Å². The molecule has 1 heterocycles. The van der Waals surface area contributed by atoms with Crippen molar-refractivity contribution in [2.24, 2.45) is 22.9 Å². The van der Waals surface area contributed by atoms with Crippen molar-refractivity contribution < 1.29 is 44.7 Å². The predicted octanol–water partition coefficient (Wildman–Crippen LogP) is 3.94. The first kappa shape index (κ1) is 54.2. The molecule has 0 radical (unpaired) electrons. The molecule has 1 aromatic heterocycles. The highest BCUT2D eigenvalue weighted by Gasteiger charge is 2.23. The molecule has 16 heteroatoms. The van der Waals surface area contributed by atoms with Gasteiger partial charge in [0.1, 0.15) is 18.1 Å². The summed E-state index contributed by atoms with van der Waals surface area (Å²) in [5.74, 6) is -3.70. The third kappa shape index (κ3) is 38.4. The van der Waals surface area contributed by atoms with E-state index in [9.17, 15) is 24.3 Å². The number of aromatic amines is 1. The van der Waals surface area contributed by atoms with Gasteiger partial charge in [-0.3, -0.25) is 24.1 Å². The fraction of sp³-hybridized carbons (Fsp3) is 0.811. The average Bonchev–Trinajstić information content (AvgIpc) is 3.64. The van der Waals surface area contributed by atoms with Gasteiger partial charge in [-0.25, -0.2) is 4.98 Å². The molecule has 0 fully saturated rings. The number of nitrogens with one attached hydrogen (secondary N) is 1. The lowest BCUT2D eigenvalue weighted by Crippen LogP contribution is -2.42. The number of aliphatic carboxylic acids is 4. The zero-order valence-corrected chi connectivity index (χ0v) is 32.6. The van der Waals surface area contributed by atoms with Crippen molar-refractivity contribution in [1.29, 1.82) is 0 Å². The van der Waals surface area contributed by atoms with Crippen molar-refractivity contribution in [1.82, 2.24) is 14.9 Å². The highest BCUT2D eigenvalue weighted by Crippen LogP contribution is 2.14. The van der Waals surface area contributed by atoms with Crippen molar-refractivity contribution in [2.75, 3.05) is 32.8 Å². The number of carbonyl (C=O) groups is 4. The number of imidazole rings is 1. The van der Waals surface area contributed by atoms with E-state index in [0.717, 1.165) is 44.5 Å². The fourth-order valence-electron chi connectivity index (χ4n) is 5.16. The Hall–Kier alpha value is -3.15. The number of carboxylic acid groups (broad SMARTS) is 4. The van der Waals surface area contributed by atoms with E-state index in [1.807, 2.05) is 4.90 Å². The minimum absolute atomic E-state index is 0.0596. The quantitative estimate of drug-likeness (QED) is 0.0497. The third-order valence-corrected chi connectivity index (χ3v) is 8.21. The molecule has 1 aromatic rings. The van der Waals surface area contributed by atoms with E-state index in [1.54, 1.807) is 6.20 Å². The second-order valence-electron chi connectivity index (χ2n) is 13.1. The van der Waals surface area contributed by atoms with Crippen LogP contribution in [0.2, 0.25) is 0 Å². The molecule has 0 aliphatic carbocycles. The molecular weight excluding hydrogens is 686 g/mol. The molecule has 0 amide bonds. The Morgan fingerprint density at radius 2 is 1.17 bits per heavy atom.